The van der Waals surface area contributed by atoms with E-state index in [1.54, 1.807) is 0 Å². The summed E-state index contributed by atoms with van der Waals surface area (Å²) in [5, 5.41) is 14.6. The van der Waals surface area contributed by atoms with Crippen LogP contribution in [-0.2, 0) is 11.3 Å². The number of Topliss-reactive ketones (excluding diaryl/α,β-unsaturated/α-hetero) is 1. The fraction of sp³-hybridized carbons (Fsp3) is 0.808. The molecular formula is C26H34F3N3O2. The van der Waals surface area contributed by atoms with Gasteiger partial charge >= 0.3 is 6.18 Å². The smallest absolute Gasteiger partial charge is 0.390 e. The van der Waals surface area contributed by atoms with Crippen molar-refractivity contribution in [2.45, 2.75) is 83.5 Å². The molecule has 5 rings (SSSR count). The van der Waals surface area contributed by atoms with Crippen molar-refractivity contribution in [2.75, 3.05) is 0 Å². The Hall–Kier alpha value is -1.88. The third-order valence-corrected chi connectivity index (χ3v) is 10.1. The number of fused-ring (bicyclic) bond motifs is 5. The summed E-state index contributed by atoms with van der Waals surface area (Å²) in [4.78, 5) is 16.7. The van der Waals surface area contributed by atoms with Gasteiger partial charge < -0.3 is 5.11 Å². The van der Waals surface area contributed by atoms with Gasteiger partial charge in [0, 0.05) is 12.1 Å². The zero-order chi connectivity index (χ0) is 24.5. The summed E-state index contributed by atoms with van der Waals surface area (Å²) in [6.45, 7) is 10.7. The van der Waals surface area contributed by atoms with E-state index in [-0.39, 0.29) is 30.5 Å². The number of ketones is 1. The first kappa shape index (κ1) is 23.8. The zero-order valence-electron chi connectivity index (χ0n) is 19.9. The van der Waals surface area contributed by atoms with Crippen LogP contribution in [0.1, 0.15) is 65.2 Å². The topological polar surface area (TPSA) is 59.5 Å². The average molecular weight is 478 g/mol. The summed E-state index contributed by atoms with van der Waals surface area (Å²) < 4.78 is 44.3. The van der Waals surface area contributed by atoms with Crippen LogP contribution in [0.25, 0.3) is 4.85 Å². The Kier molecular flexibility index (Phi) is 5.66. The molecule has 1 N–H and O–H groups in total. The highest BCUT2D eigenvalue weighted by atomic mass is 19.4. The molecule has 1 heterocycles. The summed E-state index contributed by atoms with van der Waals surface area (Å²) in [6.07, 6.45) is 4.31. The van der Waals surface area contributed by atoms with Crippen molar-refractivity contribution in [2.24, 2.45) is 46.8 Å². The van der Waals surface area contributed by atoms with E-state index >= 15 is 0 Å². The van der Waals surface area contributed by atoms with E-state index in [4.69, 9.17) is 6.57 Å². The van der Waals surface area contributed by atoms with E-state index < -0.39 is 34.8 Å². The number of hydrogen-bond donors (Lipinski definition) is 1. The Bertz CT molecular complexity index is 996. The molecule has 4 fully saturated rings. The van der Waals surface area contributed by atoms with E-state index in [0.29, 0.717) is 24.2 Å². The number of alkyl halides is 3. The highest BCUT2D eigenvalue weighted by Gasteiger charge is 2.66. The molecule has 0 amide bonds. The molecule has 1 aromatic rings. The van der Waals surface area contributed by atoms with Gasteiger partial charge in [0.1, 0.15) is 0 Å². The molecular weight excluding hydrogens is 443 g/mol. The maximum absolute atomic E-state index is 14.3. The normalized spacial score (nSPS) is 44.0. The average Bonchev–Trinajstić information content (AvgIpc) is 3.33. The van der Waals surface area contributed by atoms with Crippen LogP contribution in [0.2, 0.25) is 0 Å². The molecule has 9 atom stereocenters. The minimum atomic E-state index is -4.41. The van der Waals surface area contributed by atoms with E-state index in [1.165, 1.54) is 17.1 Å². The largest absolute Gasteiger partial charge is 0.392 e. The van der Waals surface area contributed by atoms with Crippen LogP contribution in [-0.4, -0.2) is 32.4 Å². The van der Waals surface area contributed by atoms with Crippen molar-refractivity contribution in [1.82, 2.24) is 9.78 Å². The van der Waals surface area contributed by atoms with Gasteiger partial charge in [0.05, 0.1) is 30.8 Å². The molecule has 0 radical (unpaired) electrons. The third kappa shape index (κ3) is 3.88. The van der Waals surface area contributed by atoms with Crippen molar-refractivity contribution in [3.05, 3.63) is 23.8 Å². The summed E-state index contributed by atoms with van der Waals surface area (Å²) in [5.74, 6) is -1.62. The SMILES string of the molecule is [C-]#[N+]c1cnn(CC(=O)C2[C@H](C(F)(F)F)CC3C4CC[C@@H]5C[C@](C)(O)CC[C@@H]5C4CC[C@@]32C)c1. The minimum Gasteiger partial charge on any atom is -0.390 e. The number of aliphatic hydroxyl groups is 1. The number of carbonyl (C=O) groups is 1. The standard InChI is InChI=1S/C26H34F3N3O2/c1-24(34)8-6-17-15(11-24)4-5-19-18(17)7-9-25(2)20(19)10-21(26(27,28)29)23(25)22(33)14-32-13-16(30-3)12-31-32/h12-13,15,17-21,23,34H,4-11,14H2,1-2H3/t15-,17+,18?,19?,20?,21-,23?,24-,25+/m1/s1. The van der Waals surface area contributed by atoms with Crippen LogP contribution in [0.3, 0.4) is 0 Å². The molecule has 4 saturated carbocycles. The van der Waals surface area contributed by atoms with Crippen molar-refractivity contribution in [3.63, 3.8) is 0 Å². The molecule has 4 aliphatic carbocycles. The first-order valence-electron chi connectivity index (χ1n) is 12.6. The molecule has 4 aliphatic rings. The molecule has 186 valence electrons. The van der Waals surface area contributed by atoms with Gasteiger partial charge in [-0.2, -0.15) is 18.3 Å². The summed E-state index contributed by atoms with van der Waals surface area (Å²) in [5.41, 5.74) is -1.01. The molecule has 34 heavy (non-hydrogen) atoms. The van der Waals surface area contributed by atoms with Crippen LogP contribution >= 0.6 is 0 Å². The summed E-state index contributed by atoms with van der Waals surface area (Å²) in [6, 6.07) is 0. The van der Waals surface area contributed by atoms with Gasteiger partial charge in [-0.15, -0.1) is 0 Å². The second kappa shape index (κ2) is 8.08. The Morgan fingerprint density at radius 2 is 1.94 bits per heavy atom. The molecule has 5 nitrogen and oxygen atoms in total. The van der Waals surface area contributed by atoms with Gasteiger partial charge in [-0.05, 0) is 93.3 Å². The monoisotopic (exact) mass is 477 g/mol. The van der Waals surface area contributed by atoms with Crippen molar-refractivity contribution in [3.8, 4) is 0 Å². The highest BCUT2D eigenvalue weighted by molar-refractivity contribution is 5.82. The number of aromatic nitrogens is 2. The highest BCUT2D eigenvalue weighted by Crippen LogP contribution is 2.67. The fourth-order valence-electron chi connectivity index (χ4n) is 8.80. The second-order valence-electron chi connectivity index (χ2n) is 12.1. The molecule has 0 saturated heterocycles. The lowest BCUT2D eigenvalue weighted by Crippen LogP contribution is -2.51. The van der Waals surface area contributed by atoms with Crippen molar-refractivity contribution in [1.29, 1.82) is 0 Å². The van der Waals surface area contributed by atoms with Crippen LogP contribution < -0.4 is 0 Å². The molecule has 4 unspecified atom stereocenters. The lowest BCUT2D eigenvalue weighted by molar-refractivity contribution is -0.191. The Balaban J connectivity index is 1.41. The van der Waals surface area contributed by atoms with Crippen LogP contribution in [0, 0.1) is 53.4 Å². The Labute approximate surface area is 198 Å². The number of carbonyl (C=O) groups excluding carboxylic acids is 1. The van der Waals surface area contributed by atoms with Crippen LogP contribution in [0.15, 0.2) is 12.4 Å². The van der Waals surface area contributed by atoms with E-state index in [1.807, 2.05) is 13.8 Å². The first-order chi connectivity index (χ1) is 15.9. The van der Waals surface area contributed by atoms with Crippen LogP contribution in [0.4, 0.5) is 18.9 Å². The molecule has 8 heteroatoms. The van der Waals surface area contributed by atoms with E-state index in [2.05, 4.69) is 9.94 Å². The predicted octanol–water partition coefficient (Wildman–Crippen LogP) is 5.81. The van der Waals surface area contributed by atoms with Crippen molar-refractivity contribution < 1.29 is 23.1 Å². The zero-order valence-corrected chi connectivity index (χ0v) is 19.9. The molecule has 0 aliphatic heterocycles. The summed E-state index contributed by atoms with van der Waals surface area (Å²) >= 11 is 0. The van der Waals surface area contributed by atoms with Crippen LogP contribution in [0.5, 0.6) is 0 Å². The van der Waals surface area contributed by atoms with Gasteiger partial charge in [0.25, 0.3) is 0 Å². The van der Waals surface area contributed by atoms with Crippen molar-refractivity contribution >= 4 is 11.5 Å². The molecule has 0 bridgehead atoms. The Morgan fingerprint density at radius 3 is 2.62 bits per heavy atom. The quantitative estimate of drug-likeness (QED) is 0.559. The maximum atomic E-state index is 14.3. The van der Waals surface area contributed by atoms with Gasteiger partial charge in [-0.25, -0.2) is 4.85 Å². The van der Waals surface area contributed by atoms with Gasteiger partial charge in [0.2, 0.25) is 5.69 Å². The lowest BCUT2D eigenvalue weighted by Gasteiger charge is -2.56. The third-order valence-electron chi connectivity index (χ3n) is 10.1. The molecule has 0 spiro atoms. The second-order valence-corrected chi connectivity index (χ2v) is 12.1. The number of rotatable bonds is 3. The predicted molar refractivity (Wildman–Crippen MR) is 120 cm³/mol. The Morgan fingerprint density at radius 1 is 1.21 bits per heavy atom. The maximum Gasteiger partial charge on any atom is 0.392 e. The number of nitrogens with zero attached hydrogens (tertiary/aromatic N) is 3. The number of hydrogen-bond acceptors (Lipinski definition) is 3. The minimum absolute atomic E-state index is 0.0408. The van der Waals surface area contributed by atoms with E-state index in [0.717, 1.165) is 38.5 Å². The van der Waals surface area contributed by atoms with E-state index in [9.17, 15) is 23.1 Å². The summed E-state index contributed by atoms with van der Waals surface area (Å²) in [7, 11) is 0. The molecule has 1 aromatic heterocycles. The fourth-order valence-corrected chi connectivity index (χ4v) is 8.80. The lowest BCUT2D eigenvalue weighted by atomic mass is 9.49. The molecule has 0 aromatic carbocycles. The van der Waals surface area contributed by atoms with Gasteiger partial charge in [-0.1, -0.05) is 6.92 Å². The first-order valence-corrected chi connectivity index (χ1v) is 12.6. The van der Waals surface area contributed by atoms with Gasteiger partial charge in [0.15, 0.2) is 5.78 Å². The number of halogens is 3. The van der Waals surface area contributed by atoms with Gasteiger partial charge in [-0.3, -0.25) is 9.48 Å².